The highest BCUT2D eigenvalue weighted by atomic mass is 32.1. The Labute approximate surface area is 153 Å². The summed E-state index contributed by atoms with van der Waals surface area (Å²) in [6.45, 7) is 4.49. The first-order chi connectivity index (χ1) is 11.9. The number of quaternary nitrogens is 1. The van der Waals surface area contributed by atoms with Crippen LogP contribution < -0.4 is 15.5 Å². The van der Waals surface area contributed by atoms with E-state index in [0.717, 1.165) is 11.1 Å². The number of likely N-dealkylation sites (N-methyl/N-ethyl adjacent to an activating group) is 1. The topological polar surface area (TPSA) is 62.6 Å². The summed E-state index contributed by atoms with van der Waals surface area (Å²) in [6, 6.07) is 9.83. The third-order valence-electron chi connectivity index (χ3n) is 4.27. The molecule has 0 unspecified atom stereocenters. The smallest absolute Gasteiger partial charge is 0.251 e. The van der Waals surface area contributed by atoms with E-state index in [1.807, 2.05) is 37.4 Å². The molecule has 6 heteroatoms. The zero-order valence-electron chi connectivity index (χ0n) is 15.2. The number of amides is 2. The van der Waals surface area contributed by atoms with Gasteiger partial charge in [0.25, 0.3) is 5.91 Å². The van der Waals surface area contributed by atoms with Crippen LogP contribution in [-0.4, -0.2) is 39.0 Å². The minimum atomic E-state index is -0.230. The molecule has 1 atom stereocenters. The summed E-state index contributed by atoms with van der Waals surface area (Å²) >= 11 is 1.69. The highest BCUT2D eigenvalue weighted by molar-refractivity contribution is 7.10. The van der Waals surface area contributed by atoms with Gasteiger partial charge < -0.3 is 15.5 Å². The van der Waals surface area contributed by atoms with Crippen LogP contribution in [0.4, 0.5) is 0 Å². The molecule has 0 fully saturated rings. The summed E-state index contributed by atoms with van der Waals surface area (Å²) in [7, 11) is 4.14. The van der Waals surface area contributed by atoms with Crippen molar-refractivity contribution in [1.82, 2.24) is 10.6 Å². The van der Waals surface area contributed by atoms with Crippen molar-refractivity contribution in [3.8, 4) is 0 Å². The Kier molecular flexibility index (Phi) is 6.73. The van der Waals surface area contributed by atoms with Gasteiger partial charge in [0.15, 0.2) is 0 Å². The number of rotatable bonds is 7. The van der Waals surface area contributed by atoms with E-state index in [1.54, 1.807) is 17.4 Å². The Morgan fingerprint density at radius 2 is 1.88 bits per heavy atom. The summed E-state index contributed by atoms with van der Waals surface area (Å²) in [5.74, 6) is -0.411. The lowest BCUT2D eigenvalue weighted by molar-refractivity contribution is -0.890. The fourth-order valence-corrected chi connectivity index (χ4v) is 3.46. The number of carbonyl (C=O) groups excluding carboxylic acids is 2. The van der Waals surface area contributed by atoms with Gasteiger partial charge in [-0.1, -0.05) is 12.1 Å². The van der Waals surface area contributed by atoms with Gasteiger partial charge in [0.1, 0.15) is 6.04 Å². The van der Waals surface area contributed by atoms with Crippen molar-refractivity contribution in [1.29, 1.82) is 0 Å². The molecule has 5 nitrogen and oxygen atoms in total. The maximum absolute atomic E-state index is 12.2. The third-order valence-corrected chi connectivity index (χ3v) is 5.25. The monoisotopic (exact) mass is 360 g/mol. The fraction of sp³-hybridized carbons (Fsp3) is 0.368. The summed E-state index contributed by atoms with van der Waals surface area (Å²) in [5.41, 5.74) is 2.77. The zero-order chi connectivity index (χ0) is 18.4. The van der Waals surface area contributed by atoms with Crippen molar-refractivity contribution in [3.63, 3.8) is 0 Å². The maximum Gasteiger partial charge on any atom is 0.251 e. The molecule has 2 rings (SSSR count). The van der Waals surface area contributed by atoms with Crippen LogP contribution >= 0.6 is 11.3 Å². The second-order valence-corrected chi connectivity index (χ2v) is 7.41. The van der Waals surface area contributed by atoms with Gasteiger partial charge in [-0.15, -0.1) is 11.3 Å². The molecule has 1 aromatic heterocycles. The van der Waals surface area contributed by atoms with Crippen LogP contribution in [0.25, 0.3) is 0 Å². The van der Waals surface area contributed by atoms with E-state index in [0.29, 0.717) is 12.1 Å². The van der Waals surface area contributed by atoms with Crippen LogP contribution in [0.3, 0.4) is 0 Å². The Morgan fingerprint density at radius 3 is 2.48 bits per heavy atom. The maximum atomic E-state index is 12.2. The first-order valence-electron chi connectivity index (χ1n) is 8.34. The van der Waals surface area contributed by atoms with Crippen molar-refractivity contribution < 1.29 is 14.5 Å². The number of carbonyl (C=O) groups is 2. The molecule has 2 amide bonds. The lowest BCUT2D eigenvalue weighted by Crippen LogP contribution is -3.06. The molecule has 0 saturated heterocycles. The van der Waals surface area contributed by atoms with Crippen LogP contribution in [0.2, 0.25) is 0 Å². The molecule has 25 heavy (non-hydrogen) atoms. The van der Waals surface area contributed by atoms with E-state index in [4.69, 9.17) is 0 Å². The van der Waals surface area contributed by atoms with Gasteiger partial charge in [-0.05, 0) is 48.6 Å². The van der Waals surface area contributed by atoms with Crippen LogP contribution in [0.1, 0.15) is 32.4 Å². The standard InChI is InChI=1S/C19H25N3O2S/c1-13-7-8-15(10-14(13)2)19(24)21-12-18(23)20-11-16(22(3)4)17-6-5-9-25-17/h5-10,16H,11-12H2,1-4H3,(H,20,23)(H,21,24)/p+1/t16-/m0/s1. The van der Waals surface area contributed by atoms with Crippen LogP contribution in [0, 0.1) is 13.8 Å². The van der Waals surface area contributed by atoms with E-state index in [-0.39, 0.29) is 24.4 Å². The number of benzene rings is 1. The van der Waals surface area contributed by atoms with Crippen molar-refractivity contribution in [2.45, 2.75) is 19.9 Å². The summed E-state index contributed by atoms with van der Waals surface area (Å²) < 4.78 is 0. The number of hydrogen-bond acceptors (Lipinski definition) is 3. The highest BCUT2D eigenvalue weighted by Gasteiger charge is 2.19. The van der Waals surface area contributed by atoms with Gasteiger partial charge in [-0.25, -0.2) is 0 Å². The molecule has 1 aromatic carbocycles. The van der Waals surface area contributed by atoms with Crippen molar-refractivity contribution in [2.24, 2.45) is 0 Å². The minimum absolute atomic E-state index is 0.0221. The molecule has 0 bridgehead atoms. The average Bonchev–Trinajstić information content (AvgIpc) is 3.09. The third kappa shape index (κ3) is 5.41. The minimum Gasteiger partial charge on any atom is -0.348 e. The number of aryl methyl sites for hydroxylation is 2. The molecule has 0 aliphatic heterocycles. The van der Waals surface area contributed by atoms with Crippen molar-refractivity contribution >= 4 is 23.2 Å². The predicted octanol–water partition coefficient (Wildman–Crippen LogP) is 1.10. The quantitative estimate of drug-likeness (QED) is 0.692. The molecular formula is C19H26N3O2S+. The molecule has 0 spiro atoms. The Balaban J connectivity index is 1.83. The molecular weight excluding hydrogens is 334 g/mol. The summed E-state index contributed by atoms with van der Waals surface area (Å²) in [4.78, 5) is 26.7. The first kappa shape index (κ1) is 19.1. The van der Waals surface area contributed by atoms with Gasteiger partial charge in [0.2, 0.25) is 5.91 Å². The summed E-state index contributed by atoms with van der Waals surface area (Å²) in [5, 5.41) is 7.63. The Hall–Kier alpha value is -2.18. The van der Waals surface area contributed by atoms with Crippen LogP contribution in [-0.2, 0) is 4.79 Å². The van der Waals surface area contributed by atoms with E-state index in [1.165, 1.54) is 9.78 Å². The predicted molar refractivity (Wildman–Crippen MR) is 101 cm³/mol. The number of hydrogen-bond donors (Lipinski definition) is 3. The first-order valence-corrected chi connectivity index (χ1v) is 9.22. The Morgan fingerprint density at radius 1 is 1.12 bits per heavy atom. The lowest BCUT2D eigenvalue weighted by Gasteiger charge is -2.20. The van der Waals surface area contributed by atoms with Gasteiger partial charge in [-0.3, -0.25) is 9.59 Å². The highest BCUT2D eigenvalue weighted by Crippen LogP contribution is 2.15. The molecule has 0 aliphatic rings. The lowest BCUT2D eigenvalue weighted by atomic mass is 10.1. The number of thiophene rings is 1. The average molecular weight is 361 g/mol. The molecule has 3 N–H and O–H groups in total. The second-order valence-electron chi connectivity index (χ2n) is 6.43. The molecule has 0 radical (unpaired) electrons. The van der Waals surface area contributed by atoms with Gasteiger partial charge in [0.05, 0.1) is 32.1 Å². The zero-order valence-corrected chi connectivity index (χ0v) is 16.0. The van der Waals surface area contributed by atoms with Crippen molar-refractivity contribution in [2.75, 3.05) is 27.2 Å². The van der Waals surface area contributed by atoms with Gasteiger partial charge in [-0.2, -0.15) is 0 Å². The summed E-state index contributed by atoms with van der Waals surface area (Å²) in [6.07, 6.45) is 0. The van der Waals surface area contributed by atoms with Crippen LogP contribution in [0.5, 0.6) is 0 Å². The molecule has 0 saturated carbocycles. The van der Waals surface area contributed by atoms with E-state index in [2.05, 4.69) is 30.8 Å². The fourth-order valence-electron chi connectivity index (χ4n) is 2.50. The Bertz CT molecular complexity index is 726. The molecule has 134 valence electrons. The number of nitrogens with one attached hydrogen (secondary N) is 3. The van der Waals surface area contributed by atoms with Crippen LogP contribution in [0.15, 0.2) is 35.7 Å². The molecule has 2 aromatic rings. The van der Waals surface area contributed by atoms with E-state index >= 15 is 0 Å². The van der Waals surface area contributed by atoms with Crippen molar-refractivity contribution in [3.05, 3.63) is 57.3 Å². The molecule has 0 aliphatic carbocycles. The van der Waals surface area contributed by atoms with E-state index < -0.39 is 0 Å². The largest absolute Gasteiger partial charge is 0.348 e. The molecule has 1 heterocycles. The normalized spacial score (nSPS) is 12.0. The van der Waals surface area contributed by atoms with Gasteiger partial charge in [0, 0.05) is 5.56 Å². The second kappa shape index (κ2) is 8.78. The SMILES string of the molecule is Cc1ccc(C(=O)NCC(=O)NC[C@@H](c2cccs2)[NH+](C)C)cc1C. The van der Waals surface area contributed by atoms with Gasteiger partial charge >= 0.3 is 0 Å². The van der Waals surface area contributed by atoms with E-state index in [9.17, 15) is 9.59 Å².